The van der Waals surface area contributed by atoms with Crippen molar-refractivity contribution in [3.63, 3.8) is 0 Å². The SMILES string of the molecule is COc1ccc(C(C)NC(=O)Cc2ccccc2[N+](=O)[O-])c(OC)c1. The Morgan fingerprint density at radius 1 is 1.20 bits per heavy atom. The predicted molar refractivity (Wildman–Crippen MR) is 92.9 cm³/mol. The summed E-state index contributed by atoms with van der Waals surface area (Å²) in [4.78, 5) is 22.8. The van der Waals surface area contributed by atoms with Crippen molar-refractivity contribution in [1.82, 2.24) is 5.32 Å². The molecule has 2 rings (SSSR count). The minimum atomic E-state index is -0.488. The summed E-state index contributed by atoms with van der Waals surface area (Å²) < 4.78 is 10.5. The number of nitrogens with zero attached hydrogens (tertiary/aromatic N) is 1. The number of benzene rings is 2. The van der Waals surface area contributed by atoms with Crippen LogP contribution in [-0.4, -0.2) is 25.1 Å². The smallest absolute Gasteiger partial charge is 0.273 e. The highest BCUT2D eigenvalue weighted by atomic mass is 16.6. The Hall–Kier alpha value is -3.09. The third-order valence-electron chi connectivity index (χ3n) is 3.82. The summed E-state index contributed by atoms with van der Waals surface area (Å²) in [6, 6.07) is 11.2. The zero-order valence-electron chi connectivity index (χ0n) is 14.3. The molecule has 2 aromatic carbocycles. The second-order valence-electron chi connectivity index (χ2n) is 5.46. The third kappa shape index (κ3) is 4.47. The summed E-state index contributed by atoms with van der Waals surface area (Å²) in [5, 5.41) is 13.9. The molecule has 132 valence electrons. The molecule has 0 saturated heterocycles. The van der Waals surface area contributed by atoms with Crippen LogP contribution in [0.1, 0.15) is 24.1 Å². The van der Waals surface area contributed by atoms with E-state index < -0.39 is 4.92 Å². The number of nitro benzene ring substituents is 1. The van der Waals surface area contributed by atoms with Crippen LogP contribution in [0.2, 0.25) is 0 Å². The average molecular weight is 344 g/mol. The molecule has 0 saturated carbocycles. The molecule has 1 N–H and O–H groups in total. The fourth-order valence-corrected chi connectivity index (χ4v) is 2.56. The van der Waals surface area contributed by atoms with E-state index in [1.54, 1.807) is 44.6 Å². The number of amides is 1. The molecule has 0 bridgehead atoms. The average Bonchev–Trinajstić information content (AvgIpc) is 2.61. The van der Waals surface area contributed by atoms with Crippen molar-refractivity contribution in [2.75, 3.05) is 14.2 Å². The lowest BCUT2D eigenvalue weighted by Gasteiger charge is -2.18. The number of carbonyl (C=O) groups is 1. The highest BCUT2D eigenvalue weighted by Crippen LogP contribution is 2.29. The molecule has 1 amide bonds. The summed E-state index contributed by atoms with van der Waals surface area (Å²) in [5.74, 6) is 0.941. The number of hydrogen-bond acceptors (Lipinski definition) is 5. The highest BCUT2D eigenvalue weighted by molar-refractivity contribution is 5.80. The first-order chi connectivity index (χ1) is 12.0. The molecule has 7 heteroatoms. The maximum atomic E-state index is 12.3. The molecule has 0 aliphatic carbocycles. The van der Waals surface area contributed by atoms with E-state index >= 15 is 0 Å². The van der Waals surface area contributed by atoms with Gasteiger partial charge in [-0.1, -0.05) is 18.2 Å². The van der Waals surface area contributed by atoms with E-state index in [1.807, 2.05) is 13.0 Å². The molecule has 0 aromatic heterocycles. The number of nitro groups is 1. The second kappa shape index (κ2) is 8.14. The van der Waals surface area contributed by atoms with E-state index in [0.717, 1.165) is 5.56 Å². The number of nitrogens with one attached hydrogen (secondary N) is 1. The molecule has 0 aliphatic rings. The van der Waals surface area contributed by atoms with Crippen molar-refractivity contribution in [1.29, 1.82) is 0 Å². The molecule has 0 aliphatic heterocycles. The van der Waals surface area contributed by atoms with E-state index in [-0.39, 0.29) is 24.1 Å². The van der Waals surface area contributed by atoms with Crippen molar-refractivity contribution >= 4 is 11.6 Å². The van der Waals surface area contributed by atoms with Crippen LogP contribution in [0, 0.1) is 10.1 Å². The molecular weight excluding hydrogens is 324 g/mol. The van der Waals surface area contributed by atoms with Crippen molar-refractivity contribution in [3.8, 4) is 11.5 Å². The summed E-state index contributed by atoms with van der Waals surface area (Å²) in [7, 11) is 3.10. The number of methoxy groups -OCH3 is 2. The van der Waals surface area contributed by atoms with Gasteiger partial charge in [-0.15, -0.1) is 0 Å². The molecule has 0 heterocycles. The van der Waals surface area contributed by atoms with Crippen LogP contribution in [0.25, 0.3) is 0 Å². The van der Waals surface area contributed by atoms with E-state index in [1.165, 1.54) is 6.07 Å². The number of ether oxygens (including phenoxy) is 2. The Kier molecular flexibility index (Phi) is 5.94. The molecule has 0 radical (unpaired) electrons. The molecule has 1 atom stereocenters. The van der Waals surface area contributed by atoms with Crippen molar-refractivity contribution in [2.45, 2.75) is 19.4 Å². The first-order valence-corrected chi connectivity index (χ1v) is 7.69. The fraction of sp³-hybridized carbons (Fsp3) is 0.278. The molecular formula is C18H20N2O5. The maximum Gasteiger partial charge on any atom is 0.273 e. The first-order valence-electron chi connectivity index (χ1n) is 7.69. The van der Waals surface area contributed by atoms with Crippen molar-refractivity contribution in [2.24, 2.45) is 0 Å². The predicted octanol–water partition coefficient (Wildman–Crippen LogP) is 3.03. The van der Waals surface area contributed by atoms with E-state index in [4.69, 9.17) is 9.47 Å². The topological polar surface area (TPSA) is 90.7 Å². The number of hydrogen-bond donors (Lipinski definition) is 1. The molecule has 0 fully saturated rings. The van der Waals surface area contributed by atoms with Crippen LogP contribution in [-0.2, 0) is 11.2 Å². The lowest BCUT2D eigenvalue weighted by molar-refractivity contribution is -0.385. The lowest BCUT2D eigenvalue weighted by atomic mass is 10.1. The minimum absolute atomic E-state index is 0.0627. The molecule has 0 spiro atoms. The van der Waals surface area contributed by atoms with Crippen LogP contribution in [0.3, 0.4) is 0 Å². The van der Waals surface area contributed by atoms with Gasteiger partial charge in [-0.05, 0) is 19.1 Å². The standard InChI is InChI=1S/C18H20N2O5/c1-12(15-9-8-14(24-2)11-17(15)25-3)19-18(21)10-13-6-4-5-7-16(13)20(22)23/h4-9,11-12H,10H2,1-3H3,(H,19,21). The normalized spacial score (nSPS) is 11.5. The molecule has 2 aromatic rings. The zero-order chi connectivity index (χ0) is 18.4. The Labute approximate surface area is 145 Å². The Balaban J connectivity index is 2.12. The number of para-hydroxylation sites is 1. The zero-order valence-corrected chi connectivity index (χ0v) is 14.3. The Morgan fingerprint density at radius 3 is 2.56 bits per heavy atom. The third-order valence-corrected chi connectivity index (χ3v) is 3.82. The van der Waals surface area contributed by atoms with E-state index in [2.05, 4.69) is 5.32 Å². The Morgan fingerprint density at radius 2 is 1.92 bits per heavy atom. The van der Waals surface area contributed by atoms with Crippen LogP contribution in [0.5, 0.6) is 11.5 Å². The second-order valence-corrected chi connectivity index (χ2v) is 5.46. The minimum Gasteiger partial charge on any atom is -0.497 e. The van der Waals surface area contributed by atoms with Gasteiger partial charge in [0.05, 0.1) is 31.6 Å². The number of carbonyl (C=O) groups excluding carboxylic acids is 1. The van der Waals surface area contributed by atoms with Gasteiger partial charge in [0.25, 0.3) is 5.69 Å². The van der Waals surface area contributed by atoms with Crippen LogP contribution in [0.4, 0.5) is 5.69 Å². The van der Waals surface area contributed by atoms with Gasteiger partial charge in [0, 0.05) is 23.3 Å². The molecule has 1 unspecified atom stereocenters. The van der Waals surface area contributed by atoms with Gasteiger partial charge in [0.2, 0.25) is 5.91 Å². The Bertz CT molecular complexity index is 776. The van der Waals surface area contributed by atoms with Gasteiger partial charge < -0.3 is 14.8 Å². The summed E-state index contributed by atoms with van der Waals surface area (Å²) in [6.45, 7) is 1.82. The van der Waals surface area contributed by atoms with Crippen molar-refractivity contribution in [3.05, 3.63) is 63.7 Å². The summed E-state index contributed by atoms with van der Waals surface area (Å²) >= 11 is 0. The van der Waals surface area contributed by atoms with Crippen LogP contribution < -0.4 is 14.8 Å². The van der Waals surface area contributed by atoms with Gasteiger partial charge in [-0.25, -0.2) is 0 Å². The van der Waals surface area contributed by atoms with Gasteiger partial charge in [-0.2, -0.15) is 0 Å². The molecule has 7 nitrogen and oxygen atoms in total. The largest absolute Gasteiger partial charge is 0.497 e. The lowest BCUT2D eigenvalue weighted by Crippen LogP contribution is -2.28. The van der Waals surface area contributed by atoms with Gasteiger partial charge in [-0.3, -0.25) is 14.9 Å². The number of rotatable bonds is 7. The summed E-state index contributed by atoms with van der Waals surface area (Å²) in [6.07, 6.45) is -0.0695. The monoisotopic (exact) mass is 344 g/mol. The summed E-state index contributed by atoms with van der Waals surface area (Å²) in [5.41, 5.74) is 1.10. The molecule has 25 heavy (non-hydrogen) atoms. The quantitative estimate of drug-likeness (QED) is 0.616. The van der Waals surface area contributed by atoms with Gasteiger partial charge in [0.1, 0.15) is 11.5 Å². The van der Waals surface area contributed by atoms with E-state index in [9.17, 15) is 14.9 Å². The van der Waals surface area contributed by atoms with Crippen LogP contribution in [0.15, 0.2) is 42.5 Å². The van der Waals surface area contributed by atoms with Crippen LogP contribution >= 0.6 is 0 Å². The van der Waals surface area contributed by atoms with Gasteiger partial charge >= 0.3 is 0 Å². The van der Waals surface area contributed by atoms with Crippen molar-refractivity contribution < 1.29 is 19.2 Å². The van der Waals surface area contributed by atoms with E-state index in [0.29, 0.717) is 17.1 Å². The highest BCUT2D eigenvalue weighted by Gasteiger charge is 2.18. The maximum absolute atomic E-state index is 12.3. The van der Waals surface area contributed by atoms with Gasteiger partial charge in [0.15, 0.2) is 0 Å². The first kappa shape index (κ1) is 18.3. The fourth-order valence-electron chi connectivity index (χ4n) is 2.56.